The van der Waals surface area contributed by atoms with Crippen LogP contribution in [0.4, 0.5) is 5.69 Å². The van der Waals surface area contributed by atoms with Gasteiger partial charge in [-0.25, -0.2) is 12.7 Å². The molecule has 8 heteroatoms. The Kier molecular flexibility index (Phi) is 7.92. The second kappa shape index (κ2) is 10.2. The summed E-state index contributed by atoms with van der Waals surface area (Å²) in [5, 5.41) is 2.67. The number of carbonyl (C=O) groups is 2. The van der Waals surface area contributed by atoms with E-state index in [0.29, 0.717) is 23.6 Å². The highest BCUT2D eigenvalue weighted by molar-refractivity contribution is 7.89. The first kappa shape index (κ1) is 22.6. The smallest absolute Gasteiger partial charge is 0.242 e. The molecular formula is C21H26N2O5S. The SMILES string of the molecule is CCCOc1ccc(C(=O)CCC(=O)Nc2ccc(S(=O)(=O)N(C)C)cc2)cc1. The Bertz CT molecular complexity index is 936. The lowest BCUT2D eigenvalue weighted by atomic mass is 10.1. The molecule has 0 radical (unpaired) electrons. The van der Waals surface area contributed by atoms with Crippen LogP contribution in [0.1, 0.15) is 36.5 Å². The van der Waals surface area contributed by atoms with Crippen molar-refractivity contribution in [3.05, 3.63) is 54.1 Å². The van der Waals surface area contributed by atoms with Gasteiger partial charge in [0.15, 0.2) is 5.78 Å². The molecule has 0 unspecified atom stereocenters. The predicted octanol–water partition coefficient (Wildman–Crippen LogP) is 3.33. The van der Waals surface area contributed by atoms with E-state index < -0.39 is 10.0 Å². The average molecular weight is 419 g/mol. The quantitative estimate of drug-likeness (QED) is 0.598. The van der Waals surface area contributed by atoms with Crippen molar-refractivity contribution in [3.63, 3.8) is 0 Å². The zero-order chi connectivity index (χ0) is 21.4. The van der Waals surface area contributed by atoms with Crippen LogP contribution in [0.25, 0.3) is 0 Å². The molecule has 156 valence electrons. The van der Waals surface area contributed by atoms with Gasteiger partial charge < -0.3 is 10.1 Å². The molecule has 2 aromatic rings. The zero-order valence-electron chi connectivity index (χ0n) is 16.8. The highest BCUT2D eigenvalue weighted by Crippen LogP contribution is 2.18. The first-order chi connectivity index (χ1) is 13.7. The van der Waals surface area contributed by atoms with Gasteiger partial charge in [0.2, 0.25) is 15.9 Å². The Balaban J connectivity index is 1.87. The summed E-state index contributed by atoms with van der Waals surface area (Å²) in [4.78, 5) is 24.5. The Labute approximate surface area is 171 Å². The number of hydrogen-bond donors (Lipinski definition) is 1. The maximum atomic E-state index is 12.3. The number of ketones is 1. The van der Waals surface area contributed by atoms with E-state index in [1.807, 2.05) is 6.92 Å². The number of nitrogens with one attached hydrogen (secondary N) is 1. The zero-order valence-corrected chi connectivity index (χ0v) is 17.7. The highest BCUT2D eigenvalue weighted by atomic mass is 32.2. The van der Waals surface area contributed by atoms with Crippen LogP contribution in [0.3, 0.4) is 0 Å². The fraction of sp³-hybridized carbons (Fsp3) is 0.333. The van der Waals surface area contributed by atoms with Gasteiger partial charge in [-0.3, -0.25) is 9.59 Å². The molecule has 29 heavy (non-hydrogen) atoms. The molecule has 2 rings (SSSR count). The molecule has 0 aliphatic heterocycles. The van der Waals surface area contributed by atoms with Crippen LogP contribution >= 0.6 is 0 Å². The van der Waals surface area contributed by atoms with Crippen LogP contribution in [0.15, 0.2) is 53.4 Å². The number of benzene rings is 2. The second-order valence-corrected chi connectivity index (χ2v) is 8.81. The van der Waals surface area contributed by atoms with Crippen molar-refractivity contribution in [1.29, 1.82) is 0 Å². The Morgan fingerprint density at radius 3 is 2.14 bits per heavy atom. The lowest BCUT2D eigenvalue weighted by Gasteiger charge is -2.12. The third-order valence-electron chi connectivity index (χ3n) is 4.14. The van der Waals surface area contributed by atoms with Crippen LogP contribution in [-0.4, -0.2) is 45.1 Å². The van der Waals surface area contributed by atoms with Gasteiger partial charge in [-0.2, -0.15) is 0 Å². The summed E-state index contributed by atoms with van der Waals surface area (Å²) in [6.07, 6.45) is 1.02. The van der Waals surface area contributed by atoms with E-state index in [0.717, 1.165) is 10.7 Å². The topological polar surface area (TPSA) is 92.8 Å². The van der Waals surface area contributed by atoms with E-state index in [2.05, 4.69) is 5.32 Å². The number of carbonyl (C=O) groups excluding carboxylic acids is 2. The minimum absolute atomic E-state index is 0.0324. The Hall–Kier alpha value is -2.71. The molecule has 0 bridgehead atoms. The van der Waals surface area contributed by atoms with Gasteiger partial charge in [-0.05, 0) is 55.0 Å². The van der Waals surface area contributed by atoms with Gasteiger partial charge in [0, 0.05) is 38.2 Å². The van der Waals surface area contributed by atoms with Crippen molar-refractivity contribution >= 4 is 27.4 Å². The monoisotopic (exact) mass is 418 g/mol. The maximum Gasteiger partial charge on any atom is 0.242 e. The molecule has 0 saturated carbocycles. The van der Waals surface area contributed by atoms with Gasteiger partial charge in [0.1, 0.15) is 5.75 Å². The summed E-state index contributed by atoms with van der Waals surface area (Å²) in [6, 6.07) is 12.8. The molecule has 0 saturated heterocycles. The van der Waals surface area contributed by atoms with Crippen molar-refractivity contribution in [2.45, 2.75) is 31.1 Å². The normalized spacial score (nSPS) is 11.3. The Morgan fingerprint density at radius 1 is 0.966 bits per heavy atom. The largest absolute Gasteiger partial charge is 0.494 e. The highest BCUT2D eigenvalue weighted by Gasteiger charge is 2.17. The van der Waals surface area contributed by atoms with E-state index in [-0.39, 0.29) is 29.4 Å². The van der Waals surface area contributed by atoms with E-state index in [1.54, 1.807) is 24.3 Å². The predicted molar refractivity (Wildman–Crippen MR) is 112 cm³/mol. The van der Waals surface area contributed by atoms with E-state index in [9.17, 15) is 18.0 Å². The molecule has 0 atom stereocenters. The minimum atomic E-state index is -3.52. The fourth-order valence-electron chi connectivity index (χ4n) is 2.47. The number of amides is 1. The molecule has 0 aliphatic rings. The lowest BCUT2D eigenvalue weighted by molar-refractivity contribution is -0.116. The van der Waals surface area contributed by atoms with Crippen LogP contribution in [0.2, 0.25) is 0 Å². The molecular weight excluding hydrogens is 392 g/mol. The standard InChI is InChI=1S/C21H26N2O5S/c1-4-15-28-18-9-5-16(6-10-18)20(24)13-14-21(25)22-17-7-11-19(12-8-17)29(26,27)23(2)3/h5-12H,4,13-15H2,1-3H3,(H,22,25). The van der Waals surface area contributed by atoms with Gasteiger partial charge in [0.05, 0.1) is 11.5 Å². The summed E-state index contributed by atoms with van der Waals surface area (Å²) in [7, 11) is -0.611. The van der Waals surface area contributed by atoms with Crippen molar-refractivity contribution < 1.29 is 22.7 Å². The van der Waals surface area contributed by atoms with Crippen LogP contribution < -0.4 is 10.1 Å². The third-order valence-corrected chi connectivity index (χ3v) is 5.97. The van der Waals surface area contributed by atoms with Crippen molar-refractivity contribution in [2.24, 2.45) is 0 Å². The summed E-state index contributed by atoms with van der Waals surface area (Å²) in [5.41, 5.74) is 0.998. The minimum Gasteiger partial charge on any atom is -0.494 e. The van der Waals surface area contributed by atoms with Crippen LogP contribution in [0.5, 0.6) is 5.75 Å². The molecule has 1 amide bonds. The number of nitrogens with zero attached hydrogens (tertiary/aromatic N) is 1. The summed E-state index contributed by atoms with van der Waals surface area (Å²) in [6.45, 7) is 2.64. The number of ether oxygens (including phenoxy) is 1. The summed E-state index contributed by atoms with van der Waals surface area (Å²) >= 11 is 0. The summed E-state index contributed by atoms with van der Waals surface area (Å²) in [5.74, 6) is 0.264. The number of rotatable bonds is 10. The van der Waals surface area contributed by atoms with Gasteiger partial charge >= 0.3 is 0 Å². The lowest BCUT2D eigenvalue weighted by Crippen LogP contribution is -2.22. The van der Waals surface area contributed by atoms with E-state index in [4.69, 9.17) is 4.74 Å². The van der Waals surface area contributed by atoms with Crippen molar-refractivity contribution in [1.82, 2.24) is 4.31 Å². The second-order valence-electron chi connectivity index (χ2n) is 6.66. The first-order valence-corrected chi connectivity index (χ1v) is 10.8. The molecule has 0 fully saturated rings. The number of hydrogen-bond acceptors (Lipinski definition) is 5. The molecule has 0 spiro atoms. The van der Waals surface area contributed by atoms with Gasteiger partial charge in [-0.1, -0.05) is 6.92 Å². The van der Waals surface area contributed by atoms with E-state index in [1.165, 1.54) is 38.4 Å². The maximum absolute atomic E-state index is 12.3. The van der Waals surface area contributed by atoms with Crippen LogP contribution in [0, 0.1) is 0 Å². The molecule has 0 heterocycles. The van der Waals surface area contributed by atoms with Crippen molar-refractivity contribution in [2.75, 3.05) is 26.0 Å². The van der Waals surface area contributed by atoms with Crippen LogP contribution in [-0.2, 0) is 14.8 Å². The van der Waals surface area contributed by atoms with E-state index >= 15 is 0 Å². The number of anilines is 1. The van der Waals surface area contributed by atoms with Gasteiger partial charge in [-0.15, -0.1) is 0 Å². The average Bonchev–Trinajstić information content (AvgIpc) is 2.71. The Morgan fingerprint density at radius 2 is 1.59 bits per heavy atom. The fourth-order valence-corrected chi connectivity index (χ4v) is 3.37. The number of Topliss-reactive ketones (excluding diaryl/α,β-unsaturated/α-hetero) is 1. The molecule has 2 aromatic carbocycles. The number of sulfonamides is 1. The molecule has 7 nitrogen and oxygen atoms in total. The van der Waals surface area contributed by atoms with Gasteiger partial charge in [0.25, 0.3) is 0 Å². The molecule has 1 N–H and O–H groups in total. The third kappa shape index (κ3) is 6.40. The van der Waals surface area contributed by atoms with Crippen molar-refractivity contribution in [3.8, 4) is 5.75 Å². The first-order valence-electron chi connectivity index (χ1n) is 9.32. The molecule has 0 aliphatic carbocycles. The summed E-state index contributed by atoms with van der Waals surface area (Å²) < 4.78 is 30.7. The molecule has 0 aromatic heterocycles.